The van der Waals surface area contributed by atoms with Gasteiger partial charge in [0.2, 0.25) is 0 Å². The van der Waals surface area contributed by atoms with Crippen molar-refractivity contribution in [1.82, 2.24) is 4.90 Å². The zero-order valence-corrected chi connectivity index (χ0v) is 14.7. The van der Waals surface area contributed by atoms with Crippen LogP contribution in [0.5, 0.6) is 11.5 Å². The van der Waals surface area contributed by atoms with E-state index < -0.39 is 5.91 Å². The number of rotatable bonds is 6. The summed E-state index contributed by atoms with van der Waals surface area (Å²) in [6.45, 7) is 1.08. The number of ether oxygens (including phenoxy) is 2. The summed E-state index contributed by atoms with van der Waals surface area (Å²) in [6.07, 6.45) is 0.905. The summed E-state index contributed by atoms with van der Waals surface area (Å²) in [7, 11) is 1.64. The van der Waals surface area contributed by atoms with Crippen molar-refractivity contribution >= 4 is 11.8 Å². The molecule has 0 radical (unpaired) electrons. The third-order valence-electron chi connectivity index (χ3n) is 4.55. The molecule has 1 saturated heterocycles. The number of amides is 2. The van der Waals surface area contributed by atoms with Crippen molar-refractivity contribution < 1.29 is 19.1 Å². The van der Waals surface area contributed by atoms with Crippen LogP contribution in [0.4, 0.5) is 0 Å². The average Bonchev–Trinajstić information content (AvgIpc) is 3.16. The number of primary amides is 1. The van der Waals surface area contributed by atoms with Gasteiger partial charge in [-0.15, -0.1) is 0 Å². The van der Waals surface area contributed by atoms with E-state index in [9.17, 15) is 9.59 Å². The topological polar surface area (TPSA) is 81.9 Å². The molecule has 2 N–H and O–H groups in total. The third-order valence-corrected chi connectivity index (χ3v) is 4.55. The van der Waals surface area contributed by atoms with Gasteiger partial charge in [-0.2, -0.15) is 0 Å². The average molecular weight is 354 g/mol. The SMILES string of the molecule is COc1ccc(C2CCN(C(=O)c3ccccc3OCC(N)=O)C2)cc1. The minimum atomic E-state index is -0.576. The second kappa shape index (κ2) is 7.91. The monoisotopic (exact) mass is 354 g/mol. The lowest BCUT2D eigenvalue weighted by Crippen LogP contribution is -2.29. The molecule has 0 aromatic heterocycles. The van der Waals surface area contributed by atoms with Crippen molar-refractivity contribution in [3.05, 3.63) is 59.7 Å². The highest BCUT2D eigenvalue weighted by molar-refractivity contribution is 5.97. The molecule has 6 nitrogen and oxygen atoms in total. The first-order valence-corrected chi connectivity index (χ1v) is 8.52. The van der Waals surface area contributed by atoms with E-state index in [1.54, 1.807) is 31.4 Å². The van der Waals surface area contributed by atoms with E-state index in [2.05, 4.69) is 0 Å². The van der Waals surface area contributed by atoms with Gasteiger partial charge in [0.1, 0.15) is 11.5 Å². The minimum Gasteiger partial charge on any atom is -0.497 e. The van der Waals surface area contributed by atoms with E-state index in [4.69, 9.17) is 15.2 Å². The van der Waals surface area contributed by atoms with Gasteiger partial charge in [0, 0.05) is 19.0 Å². The second-order valence-electron chi connectivity index (χ2n) is 6.26. The van der Waals surface area contributed by atoms with Crippen LogP contribution < -0.4 is 15.2 Å². The van der Waals surface area contributed by atoms with Gasteiger partial charge in [-0.1, -0.05) is 24.3 Å². The van der Waals surface area contributed by atoms with Crippen molar-refractivity contribution in [2.45, 2.75) is 12.3 Å². The molecule has 2 aromatic rings. The Bertz CT molecular complexity index is 789. The van der Waals surface area contributed by atoms with Crippen LogP contribution >= 0.6 is 0 Å². The number of para-hydroxylation sites is 1. The maximum atomic E-state index is 12.9. The van der Waals surface area contributed by atoms with E-state index in [0.717, 1.165) is 12.2 Å². The Kier molecular flexibility index (Phi) is 5.41. The molecule has 1 atom stereocenters. The zero-order valence-electron chi connectivity index (χ0n) is 14.7. The molecule has 1 fully saturated rings. The van der Waals surface area contributed by atoms with Crippen LogP contribution in [0.15, 0.2) is 48.5 Å². The number of hydrogen-bond acceptors (Lipinski definition) is 4. The Morgan fingerprint density at radius 3 is 2.58 bits per heavy atom. The van der Waals surface area contributed by atoms with Crippen LogP contribution in [0, 0.1) is 0 Å². The number of benzene rings is 2. The van der Waals surface area contributed by atoms with Gasteiger partial charge in [0.05, 0.1) is 12.7 Å². The fourth-order valence-electron chi connectivity index (χ4n) is 3.18. The summed E-state index contributed by atoms with van der Waals surface area (Å²) in [5.74, 6) is 0.821. The standard InChI is InChI=1S/C20H22N2O4/c1-25-16-8-6-14(7-9-16)15-10-11-22(12-15)20(24)17-4-2-3-5-18(17)26-13-19(21)23/h2-9,15H,10-13H2,1H3,(H2,21,23). The van der Waals surface area contributed by atoms with Gasteiger partial charge in [-0.25, -0.2) is 0 Å². The zero-order chi connectivity index (χ0) is 18.5. The molecule has 1 aliphatic heterocycles. The second-order valence-corrected chi connectivity index (χ2v) is 6.26. The predicted octanol–water partition coefficient (Wildman–Crippen LogP) is 2.19. The van der Waals surface area contributed by atoms with Crippen LogP contribution in [0.25, 0.3) is 0 Å². The largest absolute Gasteiger partial charge is 0.497 e. The molecule has 6 heteroatoms. The summed E-state index contributed by atoms with van der Waals surface area (Å²) in [4.78, 5) is 25.7. The van der Waals surface area contributed by atoms with Crippen molar-refractivity contribution in [1.29, 1.82) is 0 Å². The first-order valence-electron chi connectivity index (χ1n) is 8.52. The summed E-state index contributed by atoms with van der Waals surface area (Å²) < 4.78 is 10.6. The number of nitrogens with zero attached hydrogens (tertiary/aromatic N) is 1. The van der Waals surface area contributed by atoms with Crippen LogP contribution in [0.1, 0.15) is 28.3 Å². The smallest absolute Gasteiger partial charge is 0.257 e. The van der Waals surface area contributed by atoms with Crippen LogP contribution in [-0.2, 0) is 4.79 Å². The molecule has 3 rings (SSSR count). The van der Waals surface area contributed by atoms with Crippen molar-refractivity contribution in [2.24, 2.45) is 5.73 Å². The molecule has 1 heterocycles. The number of nitrogens with two attached hydrogens (primary N) is 1. The highest BCUT2D eigenvalue weighted by Gasteiger charge is 2.29. The van der Waals surface area contributed by atoms with E-state index in [1.165, 1.54) is 5.56 Å². The van der Waals surface area contributed by atoms with E-state index >= 15 is 0 Å². The number of methoxy groups -OCH3 is 1. The minimum absolute atomic E-state index is 0.0962. The summed E-state index contributed by atoms with van der Waals surface area (Å²) in [5.41, 5.74) is 6.77. The predicted molar refractivity (Wildman–Crippen MR) is 97.4 cm³/mol. The molecular formula is C20H22N2O4. The Balaban J connectivity index is 1.70. The number of hydrogen-bond donors (Lipinski definition) is 1. The van der Waals surface area contributed by atoms with E-state index in [1.807, 2.05) is 29.2 Å². The molecule has 1 aliphatic rings. The Morgan fingerprint density at radius 1 is 1.15 bits per heavy atom. The molecule has 26 heavy (non-hydrogen) atoms. The third kappa shape index (κ3) is 3.96. The number of carbonyl (C=O) groups is 2. The maximum absolute atomic E-state index is 12.9. The molecule has 1 unspecified atom stereocenters. The highest BCUT2D eigenvalue weighted by Crippen LogP contribution is 2.30. The molecule has 0 aliphatic carbocycles. The normalized spacial score (nSPS) is 16.3. The molecule has 2 aromatic carbocycles. The van der Waals surface area contributed by atoms with Gasteiger partial charge in [-0.3, -0.25) is 9.59 Å². The van der Waals surface area contributed by atoms with Crippen LogP contribution in [0.3, 0.4) is 0 Å². The Labute approximate surface area is 152 Å². The highest BCUT2D eigenvalue weighted by atomic mass is 16.5. The van der Waals surface area contributed by atoms with Crippen molar-refractivity contribution in [2.75, 3.05) is 26.8 Å². The lowest BCUT2D eigenvalue weighted by Gasteiger charge is -2.19. The summed E-state index contributed by atoms with van der Waals surface area (Å²) in [5, 5.41) is 0. The lowest BCUT2D eigenvalue weighted by atomic mass is 9.98. The first kappa shape index (κ1) is 17.8. The summed E-state index contributed by atoms with van der Waals surface area (Å²) in [6, 6.07) is 14.9. The van der Waals surface area contributed by atoms with Crippen LogP contribution in [-0.4, -0.2) is 43.5 Å². The quantitative estimate of drug-likeness (QED) is 0.862. The first-order chi connectivity index (χ1) is 12.6. The number of carbonyl (C=O) groups excluding carboxylic acids is 2. The van der Waals surface area contributed by atoms with Crippen molar-refractivity contribution in [3.63, 3.8) is 0 Å². The van der Waals surface area contributed by atoms with Gasteiger partial charge in [0.25, 0.3) is 11.8 Å². The fourth-order valence-corrected chi connectivity index (χ4v) is 3.18. The van der Waals surface area contributed by atoms with E-state index in [0.29, 0.717) is 30.3 Å². The number of likely N-dealkylation sites (tertiary alicyclic amines) is 1. The summed E-state index contributed by atoms with van der Waals surface area (Å²) >= 11 is 0. The molecule has 2 amide bonds. The molecule has 0 spiro atoms. The molecule has 0 bridgehead atoms. The van der Waals surface area contributed by atoms with Gasteiger partial charge < -0.3 is 20.1 Å². The van der Waals surface area contributed by atoms with E-state index in [-0.39, 0.29) is 12.5 Å². The van der Waals surface area contributed by atoms with Crippen LogP contribution in [0.2, 0.25) is 0 Å². The molecule has 136 valence electrons. The van der Waals surface area contributed by atoms with Gasteiger partial charge in [-0.05, 0) is 36.2 Å². The molecule has 0 saturated carbocycles. The van der Waals surface area contributed by atoms with Gasteiger partial charge in [0.15, 0.2) is 6.61 Å². The van der Waals surface area contributed by atoms with Gasteiger partial charge >= 0.3 is 0 Å². The Hall–Kier alpha value is -3.02. The molecular weight excluding hydrogens is 332 g/mol. The lowest BCUT2D eigenvalue weighted by molar-refractivity contribution is -0.119. The Morgan fingerprint density at radius 2 is 1.88 bits per heavy atom. The fraction of sp³-hybridized carbons (Fsp3) is 0.300. The van der Waals surface area contributed by atoms with Crippen molar-refractivity contribution in [3.8, 4) is 11.5 Å². The maximum Gasteiger partial charge on any atom is 0.257 e.